The minimum Gasteiger partial charge on any atom is -0.399 e. The maximum absolute atomic E-state index is 14.0. The standard InChI is InChI=1S/C19H20F2N2O/c20-15-8-9-18(21)14(10-15)12-23(17-6-1-2-7-17)19(24)13-4-3-5-16(22)11-13/h3-5,8-11,17H,1-2,6-7,12,22H2. The molecule has 0 bridgehead atoms. The van der Waals surface area contributed by atoms with E-state index in [1.54, 1.807) is 29.2 Å². The monoisotopic (exact) mass is 330 g/mol. The summed E-state index contributed by atoms with van der Waals surface area (Å²) in [6, 6.07) is 10.1. The second kappa shape index (κ2) is 6.99. The van der Waals surface area contributed by atoms with Crippen LogP contribution in [0.4, 0.5) is 14.5 Å². The van der Waals surface area contributed by atoms with Crippen LogP contribution in [0.15, 0.2) is 42.5 Å². The van der Waals surface area contributed by atoms with Crippen LogP contribution >= 0.6 is 0 Å². The molecule has 3 rings (SSSR count). The average Bonchev–Trinajstić information content (AvgIpc) is 3.09. The number of benzene rings is 2. The largest absolute Gasteiger partial charge is 0.399 e. The second-order valence-electron chi connectivity index (χ2n) is 6.23. The zero-order valence-electron chi connectivity index (χ0n) is 13.3. The number of halogens is 2. The maximum atomic E-state index is 14.0. The van der Waals surface area contributed by atoms with Crippen molar-refractivity contribution in [3.63, 3.8) is 0 Å². The second-order valence-corrected chi connectivity index (χ2v) is 6.23. The first kappa shape index (κ1) is 16.4. The van der Waals surface area contributed by atoms with Crippen LogP contribution in [-0.2, 0) is 6.54 Å². The van der Waals surface area contributed by atoms with E-state index in [4.69, 9.17) is 5.73 Å². The van der Waals surface area contributed by atoms with Gasteiger partial charge in [0.25, 0.3) is 5.91 Å². The Hall–Kier alpha value is -2.43. The Kier molecular flexibility index (Phi) is 4.79. The molecule has 2 N–H and O–H groups in total. The van der Waals surface area contributed by atoms with E-state index >= 15 is 0 Å². The van der Waals surface area contributed by atoms with Crippen molar-refractivity contribution < 1.29 is 13.6 Å². The van der Waals surface area contributed by atoms with Crippen molar-refractivity contribution in [1.29, 1.82) is 0 Å². The van der Waals surface area contributed by atoms with Gasteiger partial charge in [-0.15, -0.1) is 0 Å². The summed E-state index contributed by atoms with van der Waals surface area (Å²) in [5.41, 5.74) is 6.93. The van der Waals surface area contributed by atoms with E-state index < -0.39 is 11.6 Å². The van der Waals surface area contributed by atoms with Gasteiger partial charge in [0, 0.05) is 29.4 Å². The molecule has 0 spiro atoms. The molecule has 0 heterocycles. The quantitative estimate of drug-likeness (QED) is 0.857. The Morgan fingerprint density at radius 3 is 2.58 bits per heavy atom. The van der Waals surface area contributed by atoms with E-state index in [-0.39, 0.29) is 24.1 Å². The summed E-state index contributed by atoms with van der Waals surface area (Å²) in [6.45, 7) is 0.0574. The molecule has 24 heavy (non-hydrogen) atoms. The van der Waals surface area contributed by atoms with Gasteiger partial charge in [-0.2, -0.15) is 0 Å². The number of hydrogen-bond donors (Lipinski definition) is 1. The summed E-state index contributed by atoms with van der Waals surface area (Å²) >= 11 is 0. The number of carbonyl (C=O) groups is 1. The summed E-state index contributed by atoms with van der Waals surface area (Å²) in [6.07, 6.45) is 3.84. The van der Waals surface area contributed by atoms with Crippen LogP contribution in [0.1, 0.15) is 41.6 Å². The van der Waals surface area contributed by atoms with Crippen LogP contribution in [0.25, 0.3) is 0 Å². The summed E-state index contributed by atoms with van der Waals surface area (Å²) in [4.78, 5) is 14.6. The van der Waals surface area contributed by atoms with E-state index in [2.05, 4.69) is 0 Å². The van der Waals surface area contributed by atoms with Gasteiger partial charge in [0.05, 0.1) is 0 Å². The Balaban J connectivity index is 1.91. The highest BCUT2D eigenvalue weighted by atomic mass is 19.1. The lowest BCUT2D eigenvalue weighted by Gasteiger charge is -2.29. The molecule has 5 heteroatoms. The average molecular weight is 330 g/mol. The molecule has 1 aliphatic carbocycles. The first-order chi connectivity index (χ1) is 11.5. The highest BCUT2D eigenvalue weighted by molar-refractivity contribution is 5.95. The van der Waals surface area contributed by atoms with Gasteiger partial charge >= 0.3 is 0 Å². The molecule has 0 aromatic heterocycles. The number of nitrogens with two attached hydrogens (primary N) is 1. The number of nitrogens with zero attached hydrogens (tertiary/aromatic N) is 1. The molecular formula is C19H20F2N2O. The van der Waals surface area contributed by atoms with Crippen LogP contribution in [0.2, 0.25) is 0 Å². The minimum atomic E-state index is -0.505. The summed E-state index contributed by atoms with van der Waals surface area (Å²) in [5.74, 6) is -1.20. The van der Waals surface area contributed by atoms with Crippen molar-refractivity contribution in [1.82, 2.24) is 4.90 Å². The first-order valence-electron chi connectivity index (χ1n) is 8.15. The molecule has 0 unspecified atom stereocenters. The number of amides is 1. The molecule has 0 aliphatic heterocycles. The Morgan fingerprint density at radius 2 is 1.88 bits per heavy atom. The third-order valence-electron chi connectivity index (χ3n) is 4.51. The van der Waals surface area contributed by atoms with Crippen LogP contribution < -0.4 is 5.73 Å². The number of carbonyl (C=O) groups excluding carboxylic acids is 1. The van der Waals surface area contributed by atoms with Gasteiger partial charge in [0.15, 0.2) is 0 Å². The molecule has 0 atom stereocenters. The number of anilines is 1. The maximum Gasteiger partial charge on any atom is 0.254 e. The molecule has 1 amide bonds. The smallest absolute Gasteiger partial charge is 0.254 e. The van der Waals surface area contributed by atoms with E-state index in [0.29, 0.717) is 11.3 Å². The Morgan fingerprint density at radius 1 is 1.12 bits per heavy atom. The van der Waals surface area contributed by atoms with E-state index in [1.165, 1.54) is 0 Å². The lowest BCUT2D eigenvalue weighted by Crippen LogP contribution is -2.38. The van der Waals surface area contributed by atoms with Crippen molar-refractivity contribution in [2.45, 2.75) is 38.3 Å². The van der Waals surface area contributed by atoms with Crippen LogP contribution in [0.5, 0.6) is 0 Å². The summed E-state index contributed by atoms with van der Waals surface area (Å²) in [7, 11) is 0. The molecule has 1 aliphatic rings. The van der Waals surface area contributed by atoms with Crippen LogP contribution in [-0.4, -0.2) is 16.8 Å². The van der Waals surface area contributed by atoms with Gasteiger partial charge in [-0.3, -0.25) is 4.79 Å². The predicted octanol–water partition coefficient (Wildman–Crippen LogP) is 4.13. The van der Waals surface area contributed by atoms with Crippen molar-refractivity contribution in [3.8, 4) is 0 Å². The lowest BCUT2D eigenvalue weighted by atomic mass is 10.1. The predicted molar refractivity (Wildman–Crippen MR) is 89.3 cm³/mol. The van der Waals surface area contributed by atoms with Crippen molar-refractivity contribution in [2.75, 3.05) is 5.73 Å². The van der Waals surface area contributed by atoms with Gasteiger partial charge < -0.3 is 10.6 Å². The van der Waals surface area contributed by atoms with E-state index in [0.717, 1.165) is 43.9 Å². The first-order valence-corrected chi connectivity index (χ1v) is 8.15. The van der Waals surface area contributed by atoms with Crippen LogP contribution in [0.3, 0.4) is 0 Å². The zero-order valence-corrected chi connectivity index (χ0v) is 13.3. The van der Waals surface area contributed by atoms with Gasteiger partial charge in [-0.05, 0) is 49.2 Å². The Bertz CT molecular complexity index is 742. The molecule has 1 fully saturated rings. The SMILES string of the molecule is Nc1cccc(C(=O)N(Cc2cc(F)ccc2F)C2CCCC2)c1. The number of hydrogen-bond acceptors (Lipinski definition) is 2. The van der Waals surface area contributed by atoms with E-state index in [9.17, 15) is 13.6 Å². The van der Waals surface area contributed by atoms with Gasteiger partial charge in [0.2, 0.25) is 0 Å². The van der Waals surface area contributed by atoms with E-state index in [1.807, 2.05) is 0 Å². The lowest BCUT2D eigenvalue weighted by molar-refractivity contribution is 0.0662. The van der Waals surface area contributed by atoms with Crippen LogP contribution in [0, 0.1) is 11.6 Å². The molecule has 2 aromatic carbocycles. The Labute approximate surface area is 140 Å². The molecular weight excluding hydrogens is 310 g/mol. The van der Waals surface area contributed by atoms with Gasteiger partial charge in [-0.1, -0.05) is 18.9 Å². The number of rotatable bonds is 4. The topological polar surface area (TPSA) is 46.3 Å². The molecule has 3 nitrogen and oxygen atoms in total. The molecule has 0 radical (unpaired) electrons. The van der Waals surface area contributed by atoms with Gasteiger partial charge in [0.1, 0.15) is 11.6 Å². The fourth-order valence-corrected chi connectivity index (χ4v) is 3.27. The highest BCUT2D eigenvalue weighted by Gasteiger charge is 2.28. The summed E-state index contributed by atoms with van der Waals surface area (Å²) < 4.78 is 27.5. The normalized spacial score (nSPS) is 14.8. The van der Waals surface area contributed by atoms with Crippen molar-refractivity contribution >= 4 is 11.6 Å². The number of nitrogen functional groups attached to an aromatic ring is 1. The van der Waals surface area contributed by atoms with Gasteiger partial charge in [-0.25, -0.2) is 8.78 Å². The minimum absolute atomic E-state index is 0.0431. The summed E-state index contributed by atoms with van der Waals surface area (Å²) in [5, 5.41) is 0. The molecule has 2 aromatic rings. The fraction of sp³-hybridized carbons (Fsp3) is 0.316. The third-order valence-corrected chi connectivity index (χ3v) is 4.51. The molecule has 1 saturated carbocycles. The fourth-order valence-electron chi connectivity index (χ4n) is 3.27. The third kappa shape index (κ3) is 3.55. The van der Waals surface area contributed by atoms with Crippen molar-refractivity contribution in [3.05, 3.63) is 65.2 Å². The molecule has 126 valence electrons. The molecule has 0 saturated heterocycles. The zero-order chi connectivity index (χ0) is 17.1. The van der Waals surface area contributed by atoms with Crippen molar-refractivity contribution in [2.24, 2.45) is 0 Å². The highest BCUT2D eigenvalue weighted by Crippen LogP contribution is 2.27.